The largest absolute Gasteiger partial charge is 0.502 e. The highest BCUT2D eigenvalue weighted by atomic mass is 16.5. The van der Waals surface area contributed by atoms with Gasteiger partial charge in [0.15, 0.2) is 11.5 Å². The number of quaternary nitrogens is 1. The molecule has 0 spiro atoms. The van der Waals surface area contributed by atoms with Crippen LogP contribution in [-0.4, -0.2) is 19.3 Å². The zero-order valence-electron chi connectivity index (χ0n) is 13.7. The van der Waals surface area contributed by atoms with Gasteiger partial charge in [0, 0.05) is 17.5 Å². The van der Waals surface area contributed by atoms with Crippen molar-refractivity contribution < 1.29 is 19.9 Å². The molecule has 1 aliphatic rings. The van der Waals surface area contributed by atoms with Crippen LogP contribution < -0.4 is 14.8 Å². The fourth-order valence-electron chi connectivity index (χ4n) is 3.38. The van der Waals surface area contributed by atoms with Crippen molar-refractivity contribution in [2.45, 2.75) is 31.8 Å². The standard InChI is InChI=1S/C19H23NO3/c1-22-17-10-13(11-18(23-2)19(17)21)12-20-16-9-5-7-14-6-3-4-8-15(14)16/h3-4,6,8,10-11,16,20-21H,5,7,9,12H2,1-2H3/p+1/t16-/m0/s1. The molecule has 0 heterocycles. The Kier molecular flexibility index (Phi) is 4.72. The lowest BCUT2D eigenvalue weighted by molar-refractivity contribution is -0.712. The van der Waals surface area contributed by atoms with Gasteiger partial charge in [-0.25, -0.2) is 0 Å². The quantitative estimate of drug-likeness (QED) is 0.892. The molecule has 0 saturated heterocycles. The van der Waals surface area contributed by atoms with Crippen LogP contribution in [0.5, 0.6) is 17.2 Å². The second kappa shape index (κ2) is 6.92. The Bertz CT molecular complexity index is 659. The molecule has 4 heteroatoms. The third-order valence-electron chi connectivity index (χ3n) is 4.59. The van der Waals surface area contributed by atoms with Crippen molar-refractivity contribution >= 4 is 0 Å². The predicted molar refractivity (Wildman–Crippen MR) is 89.0 cm³/mol. The average Bonchev–Trinajstić information content (AvgIpc) is 2.60. The zero-order chi connectivity index (χ0) is 16.2. The molecule has 0 radical (unpaired) electrons. The number of fused-ring (bicyclic) bond motifs is 1. The van der Waals surface area contributed by atoms with Crippen molar-refractivity contribution in [3.8, 4) is 17.2 Å². The van der Waals surface area contributed by atoms with Crippen LogP contribution in [0.2, 0.25) is 0 Å². The van der Waals surface area contributed by atoms with Gasteiger partial charge < -0.3 is 19.9 Å². The lowest BCUT2D eigenvalue weighted by atomic mass is 9.87. The lowest BCUT2D eigenvalue weighted by Crippen LogP contribution is -2.84. The maximum absolute atomic E-state index is 10.0. The van der Waals surface area contributed by atoms with Crippen LogP contribution in [0.1, 0.15) is 35.6 Å². The van der Waals surface area contributed by atoms with Crippen molar-refractivity contribution in [2.24, 2.45) is 0 Å². The number of aryl methyl sites for hydroxylation is 1. The average molecular weight is 314 g/mol. The summed E-state index contributed by atoms with van der Waals surface area (Å²) in [7, 11) is 3.11. The number of phenolic OH excluding ortho intramolecular Hbond substituents is 1. The molecule has 0 bridgehead atoms. The molecule has 0 amide bonds. The van der Waals surface area contributed by atoms with Gasteiger partial charge in [0.05, 0.1) is 14.2 Å². The summed E-state index contributed by atoms with van der Waals surface area (Å²) >= 11 is 0. The van der Waals surface area contributed by atoms with Gasteiger partial charge in [-0.2, -0.15) is 0 Å². The Morgan fingerprint density at radius 3 is 2.52 bits per heavy atom. The van der Waals surface area contributed by atoms with Gasteiger partial charge in [0.25, 0.3) is 0 Å². The van der Waals surface area contributed by atoms with E-state index in [4.69, 9.17) is 9.47 Å². The highest BCUT2D eigenvalue weighted by Crippen LogP contribution is 2.37. The molecule has 0 unspecified atom stereocenters. The van der Waals surface area contributed by atoms with Gasteiger partial charge in [-0.3, -0.25) is 0 Å². The maximum atomic E-state index is 10.0. The van der Waals surface area contributed by atoms with Crippen molar-refractivity contribution in [1.29, 1.82) is 0 Å². The molecule has 2 aromatic carbocycles. The normalized spacial score (nSPS) is 16.7. The second-order valence-electron chi connectivity index (χ2n) is 5.99. The summed E-state index contributed by atoms with van der Waals surface area (Å²) in [5, 5.41) is 12.4. The molecule has 3 N–H and O–H groups in total. The van der Waals surface area contributed by atoms with E-state index in [0.29, 0.717) is 17.5 Å². The topological polar surface area (TPSA) is 55.3 Å². The molecule has 1 aliphatic carbocycles. The minimum absolute atomic E-state index is 0.0572. The summed E-state index contributed by atoms with van der Waals surface area (Å²) in [6.45, 7) is 0.825. The summed E-state index contributed by atoms with van der Waals surface area (Å²) in [5.41, 5.74) is 4.01. The number of nitrogens with two attached hydrogens (primary N) is 1. The number of hydrogen-bond acceptors (Lipinski definition) is 3. The highest BCUT2D eigenvalue weighted by Gasteiger charge is 2.22. The molecule has 2 aromatic rings. The number of phenols is 1. The summed E-state index contributed by atoms with van der Waals surface area (Å²) in [6.07, 6.45) is 3.62. The van der Waals surface area contributed by atoms with Crippen LogP contribution in [0.25, 0.3) is 0 Å². The van der Waals surface area contributed by atoms with E-state index in [0.717, 1.165) is 12.1 Å². The number of aromatic hydroxyl groups is 1. The number of benzene rings is 2. The van der Waals surface area contributed by atoms with E-state index in [-0.39, 0.29) is 5.75 Å². The third kappa shape index (κ3) is 3.27. The van der Waals surface area contributed by atoms with Crippen LogP contribution in [0, 0.1) is 0 Å². The second-order valence-corrected chi connectivity index (χ2v) is 5.99. The maximum Gasteiger partial charge on any atom is 0.200 e. The Morgan fingerprint density at radius 1 is 1.13 bits per heavy atom. The number of hydrogen-bond donors (Lipinski definition) is 2. The van der Waals surface area contributed by atoms with E-state index in [1.807, 2.05) is 12.1 Å². The van der Waals surface area contributed by atoms with Crippen molar-refractivity contribution in [1.82, 2.24) is 0 Å². The van der Waals surface area contributed by atoms with Crippen LogP contribution in [0.3, 0.4) is 0 Å². The summed E-state index contributed by atoms with van der Waals surface area (Å²) in [4.78, 5) is 0. The summed E-state index contributed by atoms with van der Waals surface area (Å²) in [5.74, 6) is 0.968. The molecule has 0 fully saturated rings. The predicted octanol–water partition coefficient (Wildman–Crippen LogP) is 2.55. The number of methoxy groups -OCH3 is 2. The number of ether oxygens (including phenoxy) is 2. The molecule has 0 aliphatic heterocycles. The van der Waals surface area contributed by atoms with Gasteiger partial charge in [-0.1, -0.05) is 24.3 Å². The van der Waals surface area contributed by atoms with Gasteiger partial charge in [0.1, 0.15) is 12.6 Å². The molecule has 122 valence electrons. The molecule has 1 atom stereocenters. The van der Waals surface area contributed by atoms with E-state index in [2.05, 4.69) is 29.6 Å². The third-order valence-corrected chi connectivity index (χ3v) is 4.59. The summed E-state index contributed by atoms with van der Waals surface area (Å²) < 4.78 is 10.5. The SMILES string of the molecule is COc1cc(C[NH2+][C@H]2CCCc3ccccc32)cc(OC)c1O. The molecule has 4 nitrogen and oxygen atoms in total. The molecule has 0 aromatic heterocycles. The van der Waals surface area contributed by atoms with E-state index in [9.17, 15) is 5.11 Å². The Morgan fingerprint density at radius 2 is 1.83 bits per heavy atom. The van der Waals surface area contributed by atoms with Gasteiger partial charge in [-0.05, 0) is 30.5 Å². The molecule has 0 saturated carbocycles. The first-order valence-corrected chi connectivity index (χ1v) is 8.08. The monoisotopic (exact) mass is 314 g/mol. The number of rotatable bonds is 5. The fraction of sp³-hybridized carbons (Fsp3) is 0.368. The lowest BCUT2D eigenvalue weighted by Gasteiger charge is -2.24. The summed E-state index contributed by atoms with van der Waals surface area (Å²) in [6, 6.07) is 13.0. The fourth-order valence-corrected chi connectivity index (χ4v) is 3.38. The van der Waals surface area contributed by atoms with E-state index >= 15 is 0 Å². The van der Waals surface area contributed by atoms with E-state index in [1.54, 1.807) is 14.2 Å². The minimum atomic E-state index is 0.0572. The van der Waals surface area contributed by atoms with E-state index < -0.39 is 0 Å². The smallest absolute Gasteiger partial charge is 0.200 e. The molecular formula is C19H24NO3+. The Balaban J connectivity index is 1.77. The zero-order valence-corrected chi connectivity index (χ0v) is 13.7. The highest BCUT2D eigenvalue weighted by molar-refractivity contribution is 5.52. The first kappa shape index (κ1) is 15.7. The Hall–Kier alpha value is -2.20. The van der Waals surface area contributed by atoms with Gasteiger partial charge in [-0.15, -0.1) is 0 Å². The van der Waals surface area contributed by atoms with Gasteiger partial charge in [0.2, 0.25) is 5.75 Å². The van der Waals surface area contributed by atoms with Crippen LogP contribution in [0.15, 0.2) is 36.4 Å². The van der Waals surface area contributed by atoms with Crippen LogP contribution in [-0.2, 0) is 13.0 Å². The first-order chi connectivity index (χ1) is 11.2. The van der Waals surface area contributed by atoms with Crippen molar-refractivity contribution in [3.05, 3.63) is 53.1 Å². The Labute approximate surface area is 137 Å². The molecule has 23 heavy (non-hydrogen) atoms. The van der Waals surface area contributed by atoms with Crippen LogP contribution in [0.4, 0.5) is 0 Å². The van der Waals surface area contributed by atoms with Crippen molar-refractivity contribution in [3.63, 3.8) is 0 Å². The van der Waals surface area contributed by atoms with Crippen molar-refractivity contribution in [2.75, 3.05) is 14.2 Å². The minimum Gasteiger partial charge on any atom is -0.502 e. The molecular weight excluding hydrogens is 290 g/mol. The first-order valence-electron chi connectivity index (χ1n) is 8.08. The van der Waals surface area contributed by atoms with Gasteiger partial charge >= 0.3 is 0 Å². The van der Waals surface area contributed by atoms with E-state index in [1.165, 1.54) is 30.4 Å². The molecule has 3 rings (SSSR count). The van der Waals surface area contributed by atoms with Crippen LogP contribution >= 0.6 is 0 Å².